The van der Waals surface area contributed by atoms with Crippen LogP contribution in [0.4, 0.5) is 0 Å². The van der Waals surface area contributed by atoms with Gasteiger partial charge in [-0.3, -0.25) is 4.79 Å². The van der Waals surface area contributed by atoms with Gasteiger partial charge in [-0.25, -0.2) is 0 Å². The zero-order valence-electron chi connectivity index (χ0n) is 11.8. The summed E-state index contributed by atoms with van der Waals surface area (Å²) >= 11 is 0. The maximum atomic E-state index is 12.1. The first-order valence-corrected chi connectivity index (χ1v) is 6.25. The molecule has 0 bridgehead atoms. The molecule has 1 aliphatic carbocycles. The van der Waals surface area contributed by atoms with E-state index in [9.17, 15) is 4.79 Å². The molecule has 1 rings (SSSR count). The lowest BCUT2D eigenvalue weighted by atomic mass is 10.1. The van der Waals surface area contributed by atoms with Crippen molar-refractivity contribution in [3.8, 4) is 0 Å². The van der Waals surface area contributed by atoms with Gasteiger partial charge in [0.1, 0.15) is 0 Å². The molecule has 0 aliphatic heterocycles. The Morgan fingerprint density at radius 2 is 2.06 bits per heavy atom. The summed E-state index contributed by atoms with van der Waals surface area (Å²) in [5, 5.41) is 3.01. The SMILES string of the molecule is COC[C@@H](C)NC(=O)[C@@H]1[C@H](C=C(C)C)C1(C)C. The second-order valence-corrected chi connectivity index (χ2v) is 5.93. The molecule has 98 valence electrons. The van der Waals surface area contributed by atoms with E-state index in [0.717, 1.165) is 0 Å². The first-order valence-electron chi connectivity index (χ1n) is 6.25. The highest BCUT2D eigenvalue weighted by molar-refractivity contribution is 5.83. The molecule has 0 aromatic carbocycles. The fourth-order valence-electron chi connectivity index (χ4n) is 2.47. The van der Waals surface area contributed by atoms with Gasteiger partial charge in [0.15, 0.2) is 0 Å². The van der Waals surface area contributed by atoms with Crippen LogP contribution in [0.2, 0.25) is 0 Å². The van der Waals surface area contributed by atoms with E-state index in [0.29, 0.717) is 12.5 Å². The fourth-order valence-corrected chi connectivity index (χ4v) is 2.47. The predicted molar refractivity (Wildman–Crippen MR) is 69.7 cm³/mol. The zero-order valence-corrected chi connectivity index (χ0v) is 11.8. The number of ether oxygens (including phenoxy) is 1. The Hall–Kier alpha value is -0.830. The van der Waals surface area contributed by atoms with Crippen molar-refractivity contribution < 1.29 is 9.53 Å². The topological polar surface area (TPSA) is 38.3 Å². The van der Waals surface area contributed by atoms with Crippen LogP contribution in [0.5, 0.6) is 0 Å². The molecule has 0 aromatic heterocycles. The molecule has 1 fully saturated rings. The average Bonchev–Trinajstić information content (AvgIpc) is 2.66. The Labute approximate surface area is 105 Å². The van der Waals surface area contributed by atoms with Gasteiger partial charge in [0.25, 0.3) is 0 Å². The summed E-state index contributed by atoms with van der Waals surface area (Å²) in [7, 11) is 1.65. The van der Waals surface area contributed by atoms with E-state index < -0.39 is 0 Å². The summed E-state index contributed by atoms with van der Waals surface area (Å²) in [5.74, 6) is 0.640. The van der Waals surface area contributed by atoms with Crippen molar-refractivity contribution in [2.75, 3.05) is 13.7 Å². The van der Waals surface area contributed by atoms with E-state index in [1.165, 1.54) is 5.57 Å². The van der Waals surface area contributed by atoms with Crippen LogP contribution in [0.15, 0.2) is 11.6 Å². The summed E-state index contributed by atoms with van der Waals surface area (Å²) in [6, 6.07) is 0.0799. The van der Waals surface area contributed by atoms with Crippen LogP contribution in [-0.2, 0) is 9.53 Å². The van der Waals surface area contributed by atoms with Gasteiger partial charge in [-0.2, -0.15) is 0 Å². The second kappa shape index (κ2) is 5.21. The first-order chi connectivity index (χ1) is 7.80. The van der Waals surface area contributed by atoms with Crippen LogP contribution in [0, 0.1) is 17.3 Å². The smallest absolute Gasteiger partial charge is 0.224 e. The second-order valence-electron chi connectivity index (χ2n) is 5.93. The molecule has 3 atom stereocenters. The van der Waals surface area contributed by atoms with Gasteiger partial charge in [0, 0.05) is 13.2 Å². The molecule has 0 radical (unpaired) electrons. The minimum Gasteiger partial charge on any atom is -0.383 e. The molecule has 0 aromatic rings. The molecule has 17 heavy (non-hydrogen) atoms. The van der Waals surface area contributed by atoms with Crippen LogP contribution in [-0.4, -0.2) is 25.7 Å². The Morgan fingerprint density at radius 1 is 1.47 bits per heavy atom. The van der Waals surface area contributed by atoms with Crippen LogP contribution in [0.3, 0.4) is 0 Å². The summed E-state index contributed by atoms with van der Waals surface area (Å²) in [6.07, 6.45) is 2.21. The van der Waals surface area contributed by atoms with Crippen molar-refractivity contribution in [2.45, 2.75) is 40.7 Å². The largest absolute Gasteiger partial charge is 0.383 e. The molecular formula is C14H25NO2. The van der Waals surface area contributed by atoms with Crippen molar-refractivity contribution in [2.24, 2.45) is 17.3 Å². The van der Waals surface area contributed by atoms with Gasteiger partial charge >= 0.3 is 0 Å². The molecule has 3 nitrogen and oxygen atoms in total. The Kier molecular flexibility index (Phi) is 4.36. The number of carbonyl (C=O) groups excluding carboxylic acids is 1. The van der Waals surface area contributed by atoms with E-state index in [1.807, 2.05) is 6.92 Å². The third-order valence-corrected chi connectivity index (χ3v) is 3.51. The molecule has 3 heteroatoms. The van der Waals surface area contributed by atoms with Crippen LogP contribution in [0.1, 0.15) is 34.6 Å². The normalized spacial score (nSPS) is 27.2. The van der Waals surface area contributed by atoms with Crippen molar-refractivity contribution >= 4 is 5.91 Å². The molecule has 0 spiro atoms. The van der Waals surface area contributed by atoms with Gasteiger partial charge in [0.2, 0.25) is 5.91 Å². The number of carbonyl (C=O) groups is 1. The highest BCUT2D eigenvalue weighted by Crippen LogP contribution is 2.59. The van der Waals surface area contributed by atoms with Crippen LogP contribution in [0.25, 0.3) is 0 Å². The lowest BCUT2D eigenvalue weighted by molar-refractivity contribution is -0.124. The first kappa shape index (κ1) is 14.2. The number of nitrogens with one attached hydrogen (secondary N) is 1. The van der Waals surface area contributed by atoms with Gasteiger partial charge in [-0.1, -0.05) is 25.5 Å². The quantitative estimate of drug-likeness (QED) is 0.748. The number of hydrogen-bond acceptors (Lipinski definition) is 2. The highest BCUT2D eigenvalue weighted by atomic mass is 16.5. The molecule has 1 amide bonds. The van der Waals surface area contributed by atoms with E-state index in [2.05, 4.69) is 39.1 Å². The van der Waals surface area contributed by atoms with E-state index in [-0.39, 0.29) is 23.3 Å². The van der Waals surface area contributed by atoms with Gasteiger partial charge in [0.05, 0.1) is 12.5 Å². The highest BCUT2D eigenvalue weighted by Gasteiger charge is 2.60. The summed E-state index contributed by atoms with van der Waals surface area (Å²) in [4.78, 5) is 12.1. The molecule has 1 N–H and O–H groups in total. The van der Waals surface area contributed by atoms with Crippen molar-refractivity contribution in [3.63, 3.8) is 0 Å². The van der Waals surface area contributed by atoms with Gasteiger partial charge in [-0.15, -0.1) is 0 Å². The van der Waals surface area contributed by atoms with Gasteiger partial charge < -0.3 is 10.1 Å². The number of allylic oxidation sites excluding steroid dienone is 2. The molecule has 1 aliphatic rings. The zero-order chi connectivity index (χ0) is 13.2. The summed E-state index contributed by atoms with van der Waals surface area (Å²) < 4.78 is 5.02. The molecule has 1 saturated carbocycles. The van der Waals surface area contributed by atoms with E-state index in [4.69, 9.17) is 4.74 Å². The Morgan fingerprint density at radius 3 is 2.53 bits per heavy atom. The number of amides is 1. The molecular weight excluding hydrogens is 214 g/mol. The third-order valence-electron chi connectivity index (χ3n) is 3.51. The maximum absolute atomic E-state index is 12.1. The molecule has 0 heterocycles. The monoisotopic (exact) mass is 239 g/mol. The number of methoxy groups -OCH3 is 1. The van der Waals surface area contributed by atoms with E-state index in [1.54, 1.807) is 7.11 Å². The minimum atomic E-state index is 0.0799. The molecule has 0 saturated heterocycles. The van der Waals surface area contributed by atoms with Crippen LogP contribution >= 0.6 is 0 Å². The standard InChI is InChI=1S/C14H25NO2/c1-9(2)7-11-12(14(11,4)5)13(16)15-10(3)8-17-6/h7,10-12H,8H2,1-6H3,(H,15,16)/t10-,11+,12+/m1/s1. The predicted octanol–water partition coefficient (Wildman–Crippen LogP) is 2.38. The number of hydrogen-bond donors (Lipinski definition) is 1. The fraction of sp³-hybridized carbons (Fsp3) is 0.786. The molecule has 0 unspecified atom stereocenters. The Balaban J connectivity index is 2.57. The minimum absolute atomic E-state index is 0.0799. The lowest BCUT2D eigenvalue weighted by Gasteiger charge is -2.13. The summed E-state index contributed by atoms with van der Waals surface area (Å²) in [6.45, 7) is 11.0. The third kappa shape index (κ3) is 3.32. The van der Waals surface area contributed by atoms with Crippen molar-refractivity contribution in [1.29, 1.82) is 0 Å². The van der Waals surface area contributed by atoms with Crippen LogP contribution < -0.4 is 5.32 Å². The number of rotatable bonds is 5. The van der Waals surface area contributed by atoms with E-state index >= 15 is 0 Å². The van der Waals surface area contributed by atoms with Crippen molar-refractivity contribution in [3.05, 3.63) is 11.6 Å². The van der Waals surface area contributed by atoms with Crippen molar-refractivity contribution in [1.82, 2.24) is 5.32 Å². The lowest BCUT2D eigenvalue weighted by Crippen LogP contribution is -2.37. The van der Waals surface area contributed by atoms with Gasteiger partial charge in [-0.05, 0) is 32.1 Å². The Bertz CT molecular complexity index is 316. The average molecular weight is 239 g/mol. The maximum Gasteiger partial charge on any atom is 0.224 e. The summed E-state index contributed by atoms with van der Waals surface area (Å²) in [5.41, 5.74) is 1.37.